The van der Waals surface area contributed by atoms with Gasteiger partial charge in [-0.1, -0.05) is 19.9 Å². The lowest BCUT2D eigenvalue weighted by Crippen LogP contribution is -2.45. The van der Waals surface area contributed by atoms with Gasteiger partial charge in [0, 0.05) is 24.7 Å². The SMILES string of the molecule is CC(C)C(CN(C)C)NC(=O)c1ccc2c(c1)CNCC2. The summed E-state index contributed by atoms with van der Waals surface area (Å²) in [6.45, 7) is 7.03. The van der Waals surface area contributed by atoms with E-state index in [-0.39, 0.29) is 11.9 Å². The Labute approximate surface area is 127 Å². The van der Waals surface area contributed by atoms with Crippen molar-refractivity contribution in [2.24, 2.45) is 5.92 Å². The highest BCUT2D eigenvalue weighted by Crippen LogP contribution is 2.16. The molecule has 4 nitrogen and oxygen atoms in total. The zero-order valence-electron chi connectivity index (χ0n) is 13.6. The molecule has 1 aliphatic heterocycles. The van der Waals surface area contributed by atoms with E-state index in [1.54, 1.807) is 0 Å². The summed E-state index contributed by atoms with van der Waals surface area (Å²) in [5, 5.41) is 6.52. The van der Waals surface area contributed by atoms with Gasteiger partial charge in [-0.3, -0.25) is 4.79 Å². The predicted octanol–water partition coefficient (Wildman–Crippen LogP) is 1.65. The largest absolute Gasteiger partial charge is 0.348 e. The minimum Gasteiger partial charge on any atom is -0.348 e. The van der Waals surface area contributed by atoms with Crippen LogP contribution in [0, 0.1) is 5.92 Å². The van der Waals surface area contributed by atoms with Crippen molar-refractivity contribution in [2.45, 2.75) is 32.9 Å². The molecule has 1 atom stereocenters. The maximum Gasteiger partial charge on any atom is 0.251 e. The molecule has 1 amide bonds. The van der Waals surface area contributed by atoms with E-state index in [1.165, 1.54) is 11.1 Å². The number of carbonyl (C=O) groups excluding carboxylic acids is 1. The molecule has 116 valence electrons. The van der Waals surface area contributed by atoms with Crippen molar-refractivity contribution in [3.63, 3.8) is 0 Å². The fraction of sp³-hybridized carbons (Fsp3) is 0.588. The lowest BCUT2D eigenvalue weighted by atomic mass is 9.97. The molecule has 0 aromatic heterocycles. The van der Waals surface area contributed by atoms with E-state index in [0.717, 1.165) is 31.6 Å². The number of likely N-dealkylation sites (N-methyl/N-ethyl adjacent to an activating group) is 1. The minimum atomic E-state index is 0.0314. The smallest absolute Gasteiger partial charge is 0.251 e. The number of hydrogen-bond acceptors (Lipinski definition) is 3. The molecular weight excluding hydrogens is 262 g/mol. The van der Waals surface area contributed by atoms with Crippen molar-refractivity contribution < 1.29 is 4.79 Å². The first kappa shape index (κ1) is 16.0. The Kier molecular flexibility index (Phi) is 5.37. The van der Waals surface area contributed by atoms with Crippen LogP contribution < -0.4 is 10.6 Å². The standard InChI is InChI=1S/C17H27N3O/c1-12(2)16(11-20(3)4)19-17(21)14-6-5-13-7-8-18-10-15(13)9-14/h5-6,9,12,16,18H,7-8,10-11H2,1-4H3,(H,19,21). The minimum absolute atomic E-state index is 0.0314. The van der Waals surface area contributed by atoms with Crippen molar-refractivity contribution in [3.8, 4) is 0 Å². The average molecular weight is 289 g/mol. The molecule has 0 bridgehead atoms. The van der Waals surface area contributed by atoms with Crippen LogP contribution in [0.25, 0.3) is 0 Å². The van der Waals surface area contributed by atoms with Crippen LogP contribution in [0.15, 0.2) is 18.2 Å². The second-order valence-electron chi connectivity index (χ2n) is 6.50. The van der Waals surface area contributed by atoms with Gasteiger partial charge in [-0.15, -0.1) is 0 Å². The number of hydrogen-bond donors (Lipinski definition) is 2. The number of nitrogens with one attached hydrogen (secondary N) is 2. The van der Waals surface area contributed by atoms with Crippen LogP contribution in [0.5, 0.6) is 0 Å². The Balaban J connectivity index is 2.08. The fourth-order valence-electron chi connectivity index (χ4n) is 2.69. The lowest BCUT2D eigenvalue weighted by molar-refractivity contribution is 0.0916. The second-order valence-corrected chi connectivity index (χ2v) is 6.50. The molecule has 2 N–H and O–H groups in total. The first-order chi connectivity index (χ1) is 9.97. The van der Waals surface area contributed by atoms with Crippen molar-refractivity contribution in [3.05, 3.63) is 34.9 Å². The normalized spacial score (nSPS) is 15.9. The predicted molar refractivity (Wildman–Crippen MR) is 86.5 cm³/mol. The third-order valence-corrected chi connectivity index (χ3v) is 4.04. The van der Waals surface area contributed by atoms with Crippen molar-refractivity contribution in [1.29, 1.82) is 0 Å². The van der Waals surface area contributed by atoms with Gasteiger partial charge < -0.3 is 15.5 Å². The Morgan fingerprint density at radius 2 is 2.10 bits per heavy atom. The number of amides is 1. The molecule has 1 unspecified atom stereocenters. The third kappa shape index (κ3) is 4.29. The number of rotatable bonds is 5. The molecule has 1 aliphatic rings. The van der Waals surface area contributed by atoms with E-state index >= 15 is 0 Å². The van der Waals surface area contributed by atoms with Crippen LogP contribution in [0.1, 0.15) is 35.3 Å². The van der Waals surface area contributed by atoms with E-state index in [9.17, 15) is 4.79 Å². The summed E-state index contributed by atoms with van der Waals surface area (Å²) < 4.78 is 0. The van der Waals surface area contributed by atoms with Gasteiger partial charge in [0.2, 0.25) is 0 Å². The summed E-state index contributed by atoms with van der Waals surface area (Å²) in [6.07, 6.45) is 1.05. The maximum absolute atomic E-state index is 12.5. The van der Waals surface area contributed by atoms with Gasteiger partial charge in [-0.05, 0) is 56.2 Å². The lowest BCUT2D eigenvalue weighted by Gasteiger charge is -2.26. The zero-order valence-corrected chi connectivity index (χ0v) is 13.6. The third-order valence-electron chi connectivity index (χ3n) is 4.04. The highest BCUT2D eigenvalue weighted by atomic mass is 16.1. The summed E-state index contributed by atoms with van der Waals surface area (Å²) in [6, 6.07) is 6.25. The molecule has 0 spiro atoms. The van der Waals surface area contributed by atoms with Crippen molar-refractivity contribution in [2.75, 3.05) is 27.2 Å². The Bertz CT molecular complexity index is 497. The summed E-state index contributed by atoms with van der Waals surface area (Å²) in [5.74, 6) is 0.444. The maximum atomic E-state index is 12.5. The van der Waals surface area contributed by atoms with Gasteiger partial charge >= 0.3 is 0 Å². The van der Waals surface area contributed by atoms with Gasteiger partial charge in [-0.25, -0.2) is 0 Å². The Morgan fingerprint density at radius 3 is 2.76 bits per heavy atom. The first-order valence-electron chi connectivity index (χ1n) is 7.75. The van der Waals surface area contributed by atoms with E-state index in [4.69, 9.17) is 0 Å². The summed E-state index contributed by atoms with van der Waals surface area (Å²) >= 11 is 0. The fourth-order valence-corrected chi connectivity index (χ4v) is 2.69. The second kappa shape index (κ2) is 7.05. The Morgan fingerprint density at radius 1 is 1.33 bits per heavy atom. The van der Waals surface area contributed by atoms with Crippen LogP contribution in [0.4, 0.5) is 0 Å². The molecule has 1 heterocycles. The van der Waals surface area contributed by atoms with E-state index in [0.29, 0.717) is 5.92 Å². The summed E-state index contributed by atoms with van der Waals surface area (Å²) in [7, 11) is 4.07. The van der Waals surface area contributed by atoms with Crippen molar-refractivity contribution in [1.82, 2.24) is 15.5 Å². The van der Waals surface area contributed by atoms with E-state index in [2.05, 4.69) is 35.4 Å². The van der Waals surface area contributed by atoms with Crippen LogP contribution in [-0.4, -0.2) is 44.0 Å². The molecule has 4 heteroatoms. The summed E-state index contributed by atoms with van der Waals surface area (Å²) in [5.41, 5.74) is 3.38. The molecule has 0 saturated heterocycles. The molecule has 0 saturated carbocycles. The van der Waals surface area contributed by atoms with Gasteiger partial charge in [0.15, 0.2) is 0 Å². The van der Waals surface area contributed by atoms with Crippen molar-refractivity contribution >= 4 is 5.91 Å². The van der Waals surface area contributed by atoms with Gasteiger partial charge in [-0.2, -0.15) is 0 Å². The van der Waals surface area contributed by atoms with Gasteiger partial charge in [0.05, 0.1) is 0 Å². The Hall–Kier alpha value is -1.39. The van der Waals surface area contributed by atoms with E-state index < -0.39 is 0 Å². The highest BCUT2D eigenvalue weighted by molar-refractivity contribution is 5.94. The monoisotopic (exact) mass is 289 g/mol. The number of carbonyl (C=O) groups is 1. The number of fused-ring (bicyclic) bond motifs is 1. The molecule has 21 heavy (non-hydrogen) atoms. The van der Waals surface area contributed by atoms with Crippen LogP contribution in [0.2, 0.25) is 0 Å². The first-order valence-corrected chi connectivity index (χ1v) is 7.75. The van der Waals surface area contributed by atoms with Gasteiger partial charge in [0.1, 0.15) is 0 Å². The van der Waals surface area contributed by atoms with E-state index in [1.807, 2.05) is 26.2 Å². The van der Waals surface area contributed by atoms with Gasteiger partial charge in [0.25, 0.3) is 5.91 Å². The summed E-state index contributed by atoms with van der Waals surface area (Å²) in [4.78, 5) is 14.6. The quantitative estimate of drug-likeness (QED) is 0.866. The number of nitrogens with zero attached hydrogens (tertiary/aromatic N) is 1. The zero-order chi connectivity index (χ0) is 15.4. The highest BCUT2D eigenvalue weighted by Gasteiger charge is 2.19. The molecule has 1 aromatic rings. The number of benzene rings is 1. The molecule has 0 radical (unpaired) electrons. The molecule has 1 aromatic carbocycles. The van der Waals surface area contributed by atoms with Crippen LogP contribution in [0.3, 0.4) is 0 Å². The molecule has 2 rings (SSSR count). The molecule has 0 aliphatic carbocycles. The molecule has 0 fully saturated rings. The topological polar surface area (TPSA) is 44.4 Å². The molecular formula is C17H27N3O. The van der Waals surface area contributed by atoms with Crippen LogP contribution in [-0.2, 0) is 13.0 Å². The van der Waals surface area contributed by atoms with Crippen LogP contribution >= 0.6 is 0 Å². The average Bonchev–Trinajstić information content (AvgIpc) is 2.45.